The molecule has 1 aromatic rings. The van der Waals surface area contributed by atoms with E-state index >= 15 is 0 Å². The highest BCUT2D eigenvalue weighted by atomic mass is 16.5. The summed E-state index contributed by atoms with van der Waals surface area (Å²) < 4.78 is 5.72. The van der Waals surface area contributed by atoms with Crippen molar-refractivity contribution in [2.24, 2.45) is 5.92 Å². The first-order valence-corrected chi connectivity index (χ1v) is 15.6. The fourth-order valence-electron chi connectivity index (χ4n) is 5.40. The number of hydrogen-bond donors (Lipinski definition) is 7. The zero-order valence-corrected chi connectivity index (χ0v) is 26.8. The maximum Gasteiger partial charge on any atom is 0.313 e. The van der Waals surface area contributed by atoms with Crippen LogP contribution in [-0.2, 0) is 49.7 Å². The maximum absolute atomic E-state index is 12.8. The molecule has 0 bridgehead atoms. The average molecular weight is 686 g/mol. The van der Waals surface area contributed by atoms with E-state index in [1.54, 1.807) is 38.1 Å². The topological polar surface area (TPSA) is 253 Å². The summed E-state index contributed by atoms with van der Waals surface area (Å²) >= 11 is 0. The van der Waals surface area contributed by atoms with Crippen LogP contribution in [0.1, 0.15) is 32.3 Å². The van der Waals surface area contributed by atoms with E-state index in [1.165, 1.54) is 4.90 Å². The smallest absolute Gasteiger partial charge is 0.313 e. The first kappa shape index (κ1) is 36.6. The first-order chi connectivity index (χ1) is 23.2. The SMILES string of the molecule is CC(C)C(NC(=O)CCNC(=O)CN1C(=O)C=CC1=O)C(=O)NCC(=O)Nc1ccc(COCC2CC(O)C(O)C3NC(=O)C(=O)N23)cc1. The van der Waals surface area contributed by atoms with Crippen molar-refractivity contribution < 1.29 is 53.3 Å². The maximum atomic E-state index is 12.8. The predicted molar refractivity (Wildman–Crippen MR) is 167 cm³/mol. The number of benzene rings is 1. The monoisotopic (exact) mass is 685 g/mol. The quantitative estimate of drug-likeness (QED) is 0.0708. The molecule has 5 unspecified atom stereocenters. The second-order valence-electron chi connectivity index (χ2n) is 12.0. The van der Waals surface area contributed by atoms with Gasteiger partial charge in [0.15, 0.2) is 0 Å². The molecule has 8 amide bonds. The van der Waals surface area contributed by atoms with E-state index in [0.717, 1.165) is 22.6 Å². The Hall–Kier alpha value is -5.20. The van der Waals surface area contributed by atoms with Crippen LogP contribution in [0.15, 0.2) is 36.4 Å². The fourth-order valence-corrected chi connectivity index (χ4v) is 5.40. The van der Waals surface area contributed by atoms with Crippen LogP contribution in [-0.4, -0.2) is 124 Å². The molecular weight excluding hydrogens is 646 g/mol. The molecule has 2 saturated heterocycles. The van der Waals surface area contributed by atoms with Crippen molar-refractivity contribution in [2.75, 3.05) is 31.6 Å². The number of aliphatic hydroxyl groups excluding tert-OH is 2. The van der Waals surface area contributed by atoms with Crippen molar-refractivity contribution in [3.63, 3.8) is 0 Å². The first-order valence-electron chi connectivity index (χ1n) is 15.6. The van der Waals surface area contributed by atoms with Gasteiger partial charge < -0.3 is 46.4 Å². The lowest BCUT2D eigenvalue weighted by Crippen LogP contribution is -2.61. The number of imide groups is 1. The molecule has 2 fully saturated rings. The summed E-state index contributed by atoms with van der Waals surface area (Å²) in [6, 6.07) is 5.04. The number of carbonyl (C=O) groups is 8. The molecule has 3 heterocycles. The van der Waals surface area contributed by atoms with Gasteiger partial charge in [-0.05, 0) is 30.0 Å². The van der Waals surface area contributed by atoms with E-state index in [0.29, 0.717) is 5.69 Å². The van der Waals surface area contributed by atoms with Gasteiger partial charge in [-0.3, -0.25) is 43.3 Å². The zero-order chi connectivity index (χ0) is 35.8. The number of ether oxygens (including phenoxy) is 1. The highest BCUT2D eigenvalue weighted by Crippen LogP contribution is 2.26. The Bertz CT molecular complexity index is 1500. The molecule has 0 saturated carbocycles. The summed E-state index contributed by atoms with van der Waals surface area (Å²) in [5.74, 6) is -5.45. The standard InChI is InChI=1S/C31H39N7O11/c1-16(2)26(35-21(40)9-10-32-23(42)13-37-24(43)7-8-25(37)44)29(46)33-12-22(41)34-18-5-3-17(4-6-18)14-49-15-19-11-20(39)27(45)28-36-30(47)31(48)38(19)28/h3-8,16,19-20,26-28,39,45H,9-15H2,1-2H3,(H,32,42)(H,33,46)(H,34,41)(H,35,40)(H,36,47). The van der Waals surface area contributed by atoms with E-state index in [2.05, 4.69) is 26.6 Å². The molecule has 264 valence electrons. The zero-order valence-electron chi connectivity index (χ0n) is 26.8. The van der Waals surface area contributed by atoms with Gasteiger partial charge in [0.2, 0.25) is 23.6 Å². The van der Waals surface area contributed by atoms with Crippen molar-refractivity contribution in [1.82, 2.24) is 31.1 Å². The van der Waals surface area contributed by atoms with E-state index in [4.69, 9.17) is 4.74 Å². The molecule has 0 radical (unpaired) electrons. The van der Waals surface area contributed by atoms with Gasteiger partial charge in [-0.15, -0.1) is 0 Å². The van der Waals surface area contributed by atoms with Crippen LogP contribution in [0.25, 0.3) is 0 Å². The van der Waals surface area contributed by atoms with Gasteiger partial charge in [-0.2, -0.15) is 0 Å². The lowest BCUT2D eigenvalue weighted by atomic mass is 9.95. The summed E-state index contributed by atoms with van der Waals surface area (Å²) in [5.41, 5.74) is 1.17. The Labute approximate surface area is 280 Å². The van der Waals surface area contributed by atoms with Crippen molar-refractivity contribution in [1.29, 1.82) is 0 Å². The number of aliphatic hydroxyl groups is 2. The number of amides is 8. The number of fused-ring (bicyclic) bond motifs is 1. The van der Waals surface area contributed by atoms with Crippen molar-refractivity contribution in [2.45, 2.75) is 63.8 Å². The van der Waals surface area contributed by atoms with Gasteiger partial charge >= 0.3 is 11.8 Å². The molecule has 18 nitrogen and oxygen atoms in total. The van der Waals surface area contributed by atoms with Gasteiger partial charge in [0.05, 0.1) is 31.9 Å². The third kappa shape index (κ3) is 9.46. The number of rotatable bonds is 15. The molecule has 49 heavy (non-hydrogen) atoms. The number of hydrogen-bond acceptors (Lipinski definition) is 11. The minimum Gasteiger partial charge on any atom is -0.390 e. The number of piperidine rings is 1. The molecule has 0 aliphatic carbocycles. The minimum atomic E-state index is -1.30. The molecule has 3 aliphatic heterocycles. The molecule has 18 heteroatoms. The van der Waals surface area contributed by atoms with Crippen molar-refractivity contribution in [3.05, 3.63) is 42.0 Å². The lowest BCUT2D eigenvalue weighted by Gasteiger charge is -2.41. The fraction of sp³-hybridized carbons (Fsp3) is 0.484. The summed E-state index contributed by atoms with van der Waals surface area (Å²) in [5, 5.41) is 32.8. The van der Waals surface area contributed by atoms with Gasteiger partial charge in [0, 0.05) is 30.8 Å². The van der Waals surface area contributed by atoms with Gasteiger partial charge in [0.25, 0.3) is 11.8 Å². The molecule has 7 N–H and O–H groups in total. The average Bonchev–Trinajstić information content (AvgIpc) is 3.53. The molecule has 3 aliphatic rings. The molecule has 1 aromatic carbocycles. The van der Waals surface area contributed by atoms with Crippen LogP contribution in [0, 0.1) is 5.92 Å². The van der Waals surface area contributed by atoms with Gasteiger partial charge in [0.1, 0.15) is 24.9 Å². The number of nitrogens with zero attached hydrogens (tertiary/aromatic N) is 2. The normalized spacial score (nSPS) is 22.1. The van der Waals surface area contributed by atoms with Crippen LogP contribution in [0.5, 0.6) is 0 Å². The van der Waals surface area contributed by atoms with Crippen LogP contribution < -0.4 is 26.6 Å². The van der Waals surface area contributed by atoms with Crippen LogP contribution in [0.4, 0.5) is 5.69 Å². The molecule has 4 rings (SSSR count). The third-order valence-electron chi connectivity index (χ3n) is 8.01. The third-order valence-corrected chi connectivity index (χ3v) is 8.01. The molecule has 0 aromatic heterocycles. The highest BCUT2D eigenvalue weighted by molar-refractivity contribution is 6.37. The van der Waals surface area contributed by atoms with Crippen LogP contribution in [0.3, 0.4) is 0 Å². The van der Waals surface area contributed by atoms with Crippen molar-refractivity contribution >= 4 is 52.9 Å². The minimum absolute atomic E-state index is 0.0108. The molecule has 0 spiro atoms. The van der Waals surface area contributed by atoms with Gasteiger partial charge in [-0.25, -0.2) is 0 Å². The van der Waals surface area contributed by atoms with Gasteiger partial charge in [-0.1, -0.05) is 26.0 Å². The Balaban J connectivity index is 1.15. The van der Waals surface area contributed by atoms with E-state index in [-0.39, 0.29) is 45.1 Å². The number of anilines is 1. The Morgan fingerprint density at radius 3 is 2.29 bits per heavy atom. The predicted octanol–water partition coefficient (Wildman–Crippen LogP) is -3.39. The number of carbonyl (C=O) groups excluding carboxylic acids is 8. The Morgan fingerprint density at radius 1 is 0.959 bits per heavy atom. The van der Waals surface area contributed by atoms with Crippen LogP contribution in [0.2, 0.25) is 0 Å². The summed E-state index contributed by atoms with van der Waals surface area (Å²) in [6.07, 6.45) is -1.47. The largest absolute Gasteiger partial charge is 0.390 e. The summed E-state index contributed by atoms with van der Waals surface area (Å²) in [4.78, 5) is 98.8. The van der Waals surface area contributed by atoms with E-state index < -0.39 is 84.3 Å². The molecule has 5 atom stereocenters. The lowest BCUT2D eigenvalue weighted by molar-refractivity contribution is -0.151. The second-order valence-corrected chi connectivity index (χ2v) is 12.0. The number of nitrogens with one attached hydrogen (secondary N) is 5. The van der Waals surface area contributed by atoms with Crippen molar-refractivity contribution in [3.8, 4) is 0 Å². The molecular formula is C31H39N7O11. The summed E-state index contributed by atoms with van der Waals surface area (Å²) in [6.45, 7) is 2.60. The van der Waals surface area contributed by atoms with E-state index in [9.17, 15) is 48.6 Å². The second kappa shape index (κ2) is 16.3. The summed E-state index contributed by atoms with van der Waals surface area (Å²) in [7, 11) is 0. The Morgan fingerprint density at radius 2 is 1.63 bits per heavy atom. The Kier molecular flexibility index (Phi) is 12.2. The highest BCUT2D eigenvalue weighted by Gasteiger charge is 2.51. The van der Waals surface area contributed by atoms with Crippen LogP contribution >= 0.6 is 0 Å². The van der Waals surface area contributed by atoms with E-state index in [1.807, 2.05) is 0 Å².